The number of anilines is 2. The van der Waals surface area contributed by atoms with Crippen molar-refractivity contribution in [3.63, 3.8) is 0 Å². The van der Waals surface area contributed by atoms with Crippen LogP contribution < -0.4 is 15.5 Å². The Labute approximate surface area is 219 Å². The number of rotatable bonds is 8. The minimum Gasteiger partial charge on any atom is -0.481 e. The number of nitrogens with one attached hydrogen (secondary N) is 2. The van der Waals surface area contributed by atoms with E-state index >= 15 is 0 Å². The molecule has 202 valence electrons. The number of hydrogen-bond acceptors (Lipinski definition) is 6. The van der Waals surface area contributed by atoms with Crippen LogP contribution in [0.3, 0.4) is 0 Å². The number of halogens is 1. The Kier molecular flexibility index (Phi) is 8.45. The lowest BCUT2D eigenvalue weighted by Crippen LogP contribution is -2.36. The van der Waals surface area contributed by atoms with Crippen LogP contribution in [0.15, 0.2) is 42.5 Å². The Morgan fingerprint density at radius 3 is 2.45 bits per heavy atom. The minimum atomic E-state index is -1.13. The van der Waals surface area contributed by atoms with Crippen LogP contribution in [-0.2, 0) is 14.3 Å². The van der Waals surface area contributed by atoms with Gasteiger partial charge in [0.15, 0.2) is 0 Å². The molecule has 1 heterocycles. The van der Waals surface area contributed by atoms with E-state index in [1.165, 1.54) is 37.4 Å². The van der Waals surface area contributed by atoms with E-state index in [-0.39, 0.29) is 17.4 Å². The zero-order valence-corrected chi connectivity index (χ0v) is 21.1. The van der Waals surface area contributed by atoms with E-state index in [2.05, 4.69) is 15.5 Å². The Morgan fingerprint density at radius 1 is 1.05 bits per heavy atom. The molecule has 0 bridgehead atoms. The van der Waals surface area contributed by atoms with Gasteiger partial charge in [0.25, 0.3) is 5.91 Å². The second kappa shape index (κ2) is 11.9. The highest BCUT2D eigenvalue weighted by Gasteiger charge is 2.34. The van der Waals surface area contributed by atoms with Crippen molar-refractivity contribution in [3.05, 3.63) is 59.4 Å². The van der Waals surface area contributed by atoms with Crippen molar-refractivity contribution in [2.24, 2.45) is 5.92 Å². The molecule has 1 aliphatic heterocycles. The lowest BCUT2D eigenvalue weighted by molar-refractivity contribution is -0.137. The first-order chi connectivity index (χ1) is 18.2. The maximum atomic E-state index is 13.4. The summed E-state index contributed by atoms with van der Waals surface area (Å²) < 4.78 is 18.1. The number of carboxylic acids is 1. The van der Waals surface area contributed by atoms with E-state index in [0.717, 1.165) is 19.3 Å². The van der Waals surface area contributed by atoms with Gasteiger partial charge in [0, 0.05) is 37.7 Å². The number of amides is 3. The largest absolute Gasteiger partial charge is 0.481 e. The second-order valence-corrected chi connectivity index (χ2v) is 9.46. The normalized spacial score (nSPS) is 16.3. The van der Waals surface area contributed by atoms with Crippen molar-refractivity contribution in [1.29, 1.82) is 0 Å². The smallest absolute Gasteiger partial charge is 0.411 e. The quantitative estimate of drug-likeness (QED) is 0.481. The number of ether oxygens (including phenoxy) is 1. The van der Waals surface area contributed by atoms with Crippen LogP contribution in [0.25, 0.3) is 0 Å². The van der Waals surface area contributed by atoms with E-state index in [9.17, 15) is 28.7 Å². The molecular weight excluding hydrogens is 495 g/mol. The van der Waals surface area contributed by atoms with Crippen LogP contribution in [0.4, 0.5) is 20.6 Å². The summed E-state index contributed by atoms with van der Waals surface area (Å²) in [6, 6.07) is 9.16. The van der Waals surface area contributed by atoms with Crippen LogP contribution >= 0.6 is 0 Å². The molecule has 2 aromatic carbocycles. The predicted molar refractivity (Wildman–Crippen MR) is 137 cm³/mol. The third-order valence-electron chi connectivity index (χ3n) is 6.71. The van der Waals surface area contributed by atoms with Gasteiger partial charge in [-0.15, -0.1) is 0 Å². The van der Waals surface area contributed by atoms with Gasteiger partial charge >= 0.3 is 12.1 Å². The van der Waals surface area contributed by atoms with E-state index in [1.54, 1.807) is 12.1 Å². The molecule has 0 aromatic heterocycles. The summed E-state index contributed by atoms with van der Waals surface area (Å²) in [6.07, 6.45) is 1.55. The van der Waals surface area contributed by atoms with Gasteiger partial charge in [0.1, 0.15) is 5.82 Å². The number of carboxylic acid groups (broad SMARTS) is 1. The fourth-order valence-electron chi connectivity index (χ4n) is 4.54. The maximum absolute atomic E-state index is 13.4. The number of methoxy groups -OCH3 is 1. The van der Waals surface area contributed by atoms with E-state index in [4.69, 9.17) is 4.74 Å². The molecule has 3 N–H and O–H groups in total. The molecular formula is C27H31FN4O6. The molecule has 0 spiro atoms. The molecule has 4 rings (SSSR count). The first kappa shape index (κ1) is 26.9. The fraction of sp³-hybridized carbons (Fsp3) is 0.407. The molecule has 10 nitrogen and oxygen atoms in total. The zero-order chi connectivity index (χ0) is 27.2. The Bertz CT molecular complexity index is 1200. The average Bonchev–Trinajstić information content (AvgIpc) is 3.75. The van der Waals surface area contributed by atoms with Gasteiger partial charge in [-0.1, -0.05) is 12.1 Å². The van der Waals surface area contributed by atoms with Gasteiger partial charge in [-0.2, -0.15) is 0 Å². The van der Waals surface area contributed by atoms with Crippen molar-refractivity contribution in [1.82, 2.24) is 10.2 Å². The van der Waals surface area contributed by atoms with Gasteiger partial charge in [0.2, 0.25) is 5.91 Å². The standard InChI is InChI=1S/C27H31FN4O6/c1-38-27(37)30-22-15-19(25(35)29-21(16-24(33)34)17-5-8-20(28)9-6-17)7-10-23(22)31-11-2-12-32(14-13-31)26(36)18-3-4-18/h5-10,15,18,21H,2-4,11-14,16H2,1H3,(H,29,35)(H,30,37)(H,33,34). The van der Waals surface area contributed by atoms with Gasteiger partial charge in [-0.05, 0) is 55.2 Å². The third kappa shape index (κ3) is 6.78. The van der Waals surface area contributed by atoms with E-state index < -0.39 is 36.2 Å². The molecule has 1 unspecified atom stereocenters. The van der Waals surface area contributed by atoms with Crippen molar-refractivity contribution in [2.75, 3.05) is 43.5 Å². The number of carbonyl (C=O) groups is 4. The topological polar surface area (TPSA) is 128 Å². The SMILES string of the molecule is COC(=O)Nc1cc(C(=O)NC(CC(=O)O)c2ccc(F)cc2)ccc1N1CCCN(C(=O)C2CC2)CC1. The first-order valence-corrected chi connectivity index (χ1v) is 12.6. The maximum Gasteiger partial charge on any atom is 0.411 e. The first-order valence-electron chi connectivity index (χ1n) is 12.6. The highest BCUT2D eigenvalue weighted by atomic mass is 19.1. The number of nitrogens with zero attached hydrogens (tertiary/aromatic N) is 2. The lowest BCUT2D eigenvalue weighted by Gasteiger charge is -2.26. The Hall–Kier alpha value is -4.15. The minimum absolute atomic E-state index is 0.149. The highest BCUT2D eigenvalue weighted by molar-refractivity contribution is 5.99. The highest BCUT2D eigenvalue weighted by Crippen LogP contribution is 2.33. The molecule has 2 aliphatic rings. The molecule has 1 aliphatic carbocycles. The zero-order valence-electron chi connectivity index (χ0n) is 21.1. The van der Waals surface area contributed by atoms with Crippen molar-refractivity contribution in [2.45, 2.75) is 31.7 Å². The van der Waals surface area contributed by atoms with Crippen LogP contribution in [0.1, 0.15) is 47.6 Å². The Balaban J connectivity index is 1.54. The number of aliphatic carboxylic acids is 1. The monoisotopic (exact) mass is 526 g/mol. The molecule has 38 heavy (non-hydrogen) atoms. The van der Waals surface area contributed by atoms with Crippen LogP contribution in [0, 0.1) is 11.7 Å². The molecule has 0 radical (unpaired) electrons. The van der Waals surface area contributed by atoms with Crippen molar-refractivity contribution < 1.29 is 33.4 Å². The van der Waals surface area contributed by atoms with Gasteiger partial charge in [-0.3, -0.25) is 19.7 Å². The summed E-state index contributed by atoms with van der Waals surface area (Å²) >= 11 is 0. The third-order valence-corrected chi connectivity index (χ3v) is 6.71. The van der Waals surface area contributed by atoms with Crippen molar-refractivity contribution >= 4 is 35.3 Å². The lowest BCUT2D eigenvalue weighted by atomic mass is 10.0. The summed E-state index contributed by atoms with van der Waals surface area (Å²) in [5, 5.41) is 14.7. The van der Waals surface area contributed by atoms with Gasteiger partial charge in [0.05, 0.1) is 30.9 Å². The molecule has 1 atom stereocenters. The van der Waals surface area contributed by atoms with E-state index in [0.29, 0.717) is 43.1 Å². The van der Waals surface area contributed by atoms with Crippen LogP contribution in [-0.4, -0.2) is 67.2 Å². The molecule has 1 saturated carbocycles. The fourth-order valence-corrected chi connectivity index (χ4v) is 4.54. The summed E-state index contributed by atoms with van der Waals surface area (Å²) in [5.41, 5.74) is 1.66. The van der Waals surface area contributed by atoms with Crippen LogP contribution in [0.5, 0.6) is 0 Å². The molecule has 2 aromatic rings. The number of hydrogen-bond donors (Lipinski definition) is 3. The summed E-state index contributed by atoms with van der Waals surface area (Å²) in [4.78, 5) is 53.1. The number of benzene rings is 2. The molecule has 2 fully saturated rings. The summed E-state index contributed by atoms with van der Waals surface area (Å²) in [5.74, 6) is -1.81. The van der Waals surface area contributed by atoms with Gasteiger partial charge in [-0.25, -0.2) is 9.18 Å². The van der Waals surface area contributed by atoms with Crippen LogP contribution in [0.2, 0.25) is 0 Å². The summed E-state index contributed by atoms with van der Waals surface area (Å²) in [6.45, 7) is 2.44. The second-order valence-electron chi connectivity index (χ2n) is 9.46. The summed E-state index contributed by atoms with van der Waals surface area (Å²) in [7, 11) is 1.23. The predicted octanol–water partition coefficient (Wildman–Crippen LogP) is 3.40. The molecule has 11 heteroatoms. The Morgan fingerprint density at radius 2 is 1.79 bits per heavy atom. The van der Waals surface area contributed by atoms with Crippen molar-refractivity contribution in [3.8, 4) is 0 Å². The average molecular weight is 527 g/mol. The van der Waals surface area contributed by atoms with E-state index in [1.807, 2.05) is 4.90 Å². The van der Waals surface area contributed by atoms with Gasteiger partial charge < -0.3 is 25.0 Å². The molecule has 3 amide bonds. The molecule has 1 saturated heterocycles. The number of carbonyl (C=O) groups excluding carboxylic acids is 3.